The van der Waals surface area contributed by atoms with Gasteiger partial charge in [-0.05, 0) is 55.3 Å². The molecular weight excluding hydrogens is 364 g/mol. The summed E-state index contributed by atoms with van der Waals surface area (Å²) in [6.45, 7) is 8.49. The fraction of sp³-hybridized carbons (Fsp3) is 0.143. The first-order valence-corrected chi connectivity index (χ1v) is 10.4. The summed E-state index contributed by atoms with van der Waals surface area (Å²) in [4.78, 5) is 10.4. The first-order valence-electron chi connectivity index (χ1n) is 10.4. The predicted molar refractivity (Wildman–Crippen MR) is 128 cm³/mol. The highest BCUT2D eigenvalue weighted by molar-refractivity contribution is 6.61. The zero-order valence-electron chi connectivity index (χ0n) is 17.8. The third-order valence-corrected chi connectivity index (χ3v) is 5.97. The molecule has 0 unspecified atom stereocenters. The van der Waals surface area contributed by atoms with Gasteiger partial charge in [-0.3, -0.25) is 0 Å². The average molecular weight is 389 g/mol. The molecule has 146 valence electrons. The van der Waals surface area contributed by atoms with Crippen LogP contribution in [-0.4, -0.2) is 11.4 Å². The summed E-state index contributed by atoms with van der Waals surface area (Å²) in [6.07, 6.45) is 0. The SMILES string of the molecule is Cc1cccc(C)c1/N=C1\C(=N\c2c(C)cccc2C)c2cccc3cccc1c23. The molecular formula is C28H24N2. The van der Waals surface area contributed by atoms with Gasteiger partial charge in [-0.15, -0.1) is 0 Å². The molecule has 0 atom stereocenters. The van der Waals surface area contributed by atoms with Gasteiger partial charge in [-0.1, -0.05) is 72.8 Å². The summed E-state index contributed by atoms with van der Waals surface area (Å²) in [5, 5.41) is 2.47. The van der Waals surface area contributed by atoms with Crippen LogP contribution in [0.2, 0.25) is 0 Å². The molecule has 1 aliphatic rings. The second kappa shape index (κ2) is 7.07. The second-order valence-electron chi connectivity index (χ2n) is 8.11. The number of aliphatic imine (C=N–C) groups is 2. The fourth-order valence-electron chi connectivity index (χ4n) is 4.40. The number of nitrogens with zero attached hydrogens (tertiary/aromatic N) is 2. The van der Waals surface area contributed by atoms with Crippen LogP contribution in [0.25, 0.3) is 10.8 Å². The van der Waals surface area contributed by atoms with E-state index in [1.54, 1.807) is 0 Å². The van der Waals surface area contributed by atoms with E-state index in [2.05, 4.69) is 100 Å². The van der Waals surface area contributed by atoms with Gasteiger partial charge in [0, 0.05) is 16.5 Å². The fourth-order valence-corrected chi connectivity index (χ4v) is 4.40. The first kappa shape index (κ1) is 18.5. The van der Waals surface area contributed by atoms with Gasteiger partial charge in [0.05, 0.1) is 22.8 Å². The van der Waals surface area contributed by atoms with Crippen LogP contribution >= 0.6 is 0 Å². The molecule has 0 amide bonds. The Hall–Kier alpha value is -3.52. The lowest BCUT2D eigenvalue weighted by Crippen LogP contribution is -2.10. The standard InChI is InChI=1S/C28H24N2/c1-17-9-5-10-18(2)25(17)29-27-22-15-7-13-21-14-8-16-23(24(21)22)28(27)30-26-19(3)11-6-12-20(26)4/h5-16H,1-4H3/b29-27-,30-28+. The minimum Gasteiger partial charge on any atom is -0.246 e. The summed E-state index contributed by atoms with van der Waals surface area (Å²) in [5.74, 6) is 0. The Labute approximate surface area is 177 Å². The van der Waals surface area contributed by atoms with Crippen molar-refractivity contribution in [2.24, 2.45) is 9.98 Å². The van der Waals surface area contributed by atoms with Crippen molar-refractivity contribution in [2.75, 3.05) is 0 Å². The minimum absolute atomic E-state index is 0.960. The first-order chi connectivity index (χ1) is 14.5. The predicted octanol–water partition coefficient (Wildman–Crippen LogP) is 7.33. The van der Waals surface area contributed by atoms with Gasteiger partial charge in [-0.25, -0.2) is 9.98 Å². The van der Waals surface area contributed by atoms with Crippen molar-refractivity contribution >= 4 is 33.6 Å². The molecule has 0 bridgehead atoms. The lowest BCUT2D eigenvalue weighted by atomic mass is 10.1. The summed E-state index contributed by atoms with van der Waals surface area (Å²) < 4.78 is 0. The molecule has 30 heavy (non-hydrogen) atoms. The van der Waals surface area contributed by atoms with Crippen LogP contribution in [0.4, 0.5) is 11.4 Å². The third kappa shape index (κ3) is 2.88. The van der Waals surface area contributed by atoms with Crippen molar-refractivity contribution in [3.63, 3.8) is 0 Å². The summed E-state index contributed by atoms with van der Waals surface area (Å²) in [5.41, 5.74) is 11.0. The Morgan fingerprint density at radius 1 is 0.467 bits per heavy atom. The van der Waals surface area contributed by atoms with E-state index < -0.39 is 0 Å². The van der Waals surface area contributed by atoms with Crippen LogP contribution in [0, 0.1) is 27.7 Å². The second-order valence-corrected chi connectivity index (χ2v) is 8.11. The zero-order chi connectivity index (χ0) is 20.8. The van der Waals surface area contributed by atoms with Gasteiger partial charge in [0.1, 0.15) is 0 Å². The molecule has 1 aliphatic carbocycles. The average Bonchev–Trinajstić information content (AvgIpc) is 3.02. The smallest absolute Gasteiger partial charge is 0.0979 e. The van der Waals surface area contributed by atoms with E-state index in [0.29, 0.717) is 0 Å². The zero-order valence-corrected chi connectivity index (χ0v) is 17.8. The van der Waals surface area contributed by atoms with E-state index in [1.807, 2.05) is 0 Å². The highest BCUT2D eigenvalue weighted by Crippen LogP contribution is 2.36. The van der Waals surface area contributed by atoms with Crippen molar-refractivity contribution in [1.29, 1.82) is 0 Å². The molecule has 0 heterocycles. The van der Waals surface area contributed by atoms with Crippen molar-refractivity contribution < 1.29 is 0 Å². The molecule has 2 heteroatoms. The number of hydrogen-bond donors (Lipinski definition) is 0. The van der Waals surface area contributed by atoms with Crippen LogP contribution < -0.4 is 0 Å². The van der Waals surface area contributed by atoms with Gasteiger partial charge in [0.2, 0.25) is 0 Å². The number of para-hydroxylation sites is 2. The van der Waals surface area contributed by atoms with Crippen LogP contribution in [-0.2, 0) is 0 Å². The van der Waals surface area contributed by atoms with Crippen LogP contribution in [0.1, 0.15) is 33.4 Å². The number of rotatable bonds is 2. The van der Waals surface area contributed by atoms with Gasteiger partial charge in [0.25, 0.3) is 0 Å². The van der Waals surface area contributed by atoms with Gasteiger partial charge >= 0.3 is 0 Å². The van der Waals surface area contributed by atoms with Crippen molar-refractivity contribution in [3.8, 4) is 0 Å². The Bertz CT molecular complexity index is 1230. The Morgan fingerprint density at radius 3 is 1.23 bits per heavy atom. The summed E-state index contributed by atoms with van der Waals surface area (Å²) in [7, 11) is 0. The molecule has 0 aliphatic heterocycles. The van der Waals surface area contributed by atoms with Crippen LogP contribution in [0.15, 0.2) is 82.8 Å². The monoisotopic (exact) mass is 388 g/mol. The normalized spacial score (nSPS) is 15.5. The summed E-state index contributed by atoms with van der Waals surface area (Å²) >= 11 is 0. The molecule has 0 saturated carbocycles. The maximum absolute atomic E-state index is 5.22. The molecule has 4 aromatic carbocycles. The largest absolute Gasteiger partial charge is 0.246 e. The van der Waals surface area contributed by atoms with Crippen molar-refractivity contribution in [1.82, 2.24) is 0 Å². The maximum atomic E-state index is 5.22. The molecule has 0 saturated heterocycles. The molecule has 2 nitrogen and oxygen atoms in total. The van der Waals surface area contributed by atoms with Crippen molar-refractivity contribution in [2.45, 2.75) is 27.7 Å². The molecule has 4 aromatic rings. The highest BCUT2D eigenvalue weighted by Gasteiger charge is 2.27. The van der Waals surface area contributed by atoms with Crippen molar-refractivity contribution in [3.05, 3.63) is 106 Å². The lowest BCUT2D eigenvalue weighted by Gasteiger charge is -2.10. The van der Waals surface area contributed by atoms with E-state index in [4.69, 9.17) is 9.98 Å². The Kier molecular flexibility index (Phi) is 4.36. The molecule has 0 fully saturated rings. The molecule has 5 rings (SSSR count). The highest BCUT2D eigenvalue weighted by atomic mass is 14.8. The van der Waals surface area contributed by atoms with Gasteiger partial charge in [0.15, 0.2) is 0 Å². The quantitative estimate of drug-likeness (QED) is 0.343. The van der Waals surface area contributed by atoms with E-state index in [0.717, 1.165) is 33.9 Å². The third-order valence-electron chi connectivity index (χ3n) is 5.97. The lowest BCUT2D eigenvalue weighted by molar-refractivity contribution is 1.32. The molecule has 0 aromatic heterocycles. The van der Waals surface area contributed by atoms with Crippen LogP contribution in [0.3, 0.4) is 0 Å². The van der Waals surface area contributed by atoms with E-state index in [-0.39, 0.29) is 0 Å². The number of aryl methyl sites for hydroxylation is 4. The Morgan fingerprint density at radius 2 is 0.833 bits per heavy atom. The molecule has 0 N–H and O–H groups in total. The van der Waals surface area contributed by atoms with Gasteiger partial charge in [-0.2, -0.15) is 0 Å². The van der Waals surface area contributed by atoms with E-state index in [1.165, 1.54) is 33.0 Å². The van der Waals surface area contributed by atoms with Gasteiger partial charge < -0.3 is 0 Å². The Balaban J connectivity index is 1.85. The number of benzene rings is 4. The van der Waals surface area contributed by atoms with E-state index >= 15 is 0 Å². The molecule has 0 spiro atoms. The maximum Gasteiger partial charge on any atom is 0.0979 e. The van der Waals surface area contributed by atoms with Crippen LogP contribution in [0.5, 0.6) is 0 Å². The molecule has 0 radical (unpaired) electrons. The number of hydrogen-bond acceptors (Lipinski definition) is 2. The van der Waals surface area contributed by atoms with E-state index in [9.17, 15) is 0 Å². The minimum atomic E-state index is 0.960. The topological polar surface area (TPSA) is 24.7 Å². The summed E-state index contributed by atoms with van der Waals surface area (Å²) in [6, 6.07) is 25.6.